The zero-order valence-electron chi connectivity index (χ0n) is 11.2. The highest BCUT2D eigenvalue weighted by Gasteiger charge is 2.29. The van der Waals surface area contributed by atoms with Gasteiger partial charge in [0.05, 0.1) is 0 Å². The van der Waals surface area contributed by atoms with Gasteiger partial charge in [0.1, 0.15) is 0 Å². The van der Waals surface area contributed by atoms with E-state index in [4.69, 9.17) is 5.73 Å². The van der Waals surface area contributed by atoms with E-state index in [-0.39, 0.29) is 0 Å². The lowest BCUT2D eigenvalue weighted by atomic mass is 9.70. The molecule has 0 heterocycles. The van der Waals surface area contributed by atoms with Crippen LogP contribution in [0.2, 0.25) is 0 Å². The van der Waals surface area contributed by atoms with Gasteiger partial charge in [0.15, 0.2) is 0 Å². The minimum atomic E-state index is 0.509. The summed E-state index contributed by atoms with van der Waals surface area (Å²) in [7, 11) is 0. The molecule has 1 heteroatoms. The van der Waals surface area contributed by atoms with Gasteiger partial charge in [-0.3, -0.25) is 0 Å². The SMILES string of the molecule is C=CCCC1CCC(C2CCC(N)CC2)CC1. The molecule has 0 aromatic carbocycles. The first-order valence-electron chi connectivity index (χ1n) is 7.66. The Morgan fingerprint density at radius 1 is 0.882 bits per heavy atom. The van der Waals surface area contributed by atoms with Crippen LogP contribution < -0.4 is 5.73 Å². The molecule has 1 nitrogen and oxygen atoms in total. The molecule has 0 aromatic heterocycles. The second-order valence-electron chi connectivity index (χ2n) is 6.32. The van der Waals surface area contributed by atoms with Crippen LogP contribution in [0.25, 0.3) is 0 Å². The molecule has 0 unspecified atom stereocenters. The molecule has 98 valence electrons. The van der Waals surface area contributed by atoms with Crippen LogP contribution in [0.1, 0.15) is 64.2 Å². The lowest BCUT2D eigenvalue weighted by Gasteiger charge is -2.37. The van der Waals surface area contributed by atoms with Crippen molar-refractivity contribution in [3.63, 3.8) is 0 Å². The zero-order valence-corrected chi connectivity index (χ0v) is 11.2. The van der Waals surface area contributed by atoms with E-state index in [0.29, 0.717) is 6.04 Å². The summed E-state index contributed by atoms with van der Waals surface area (Å²) in [6.45, 7) is 3.83. The van der Waals surface area contributed by atoms with Crippen molar-refractivity contribution >= 4 is 0 Å². The van der Waals surface area contributed by atoms with E-state index in [2.05, 4.69) is 12.7 Å². The summed E-state index contributed by atoms with van der Waals surface area (Å²) in [6, 6.07) is 0.509. The van der Waals surface area contributed by atoms with E-state index in [1.165, 1.54) is 64.2 Å². The maximum atomic E-state index is 5.99. The summed E-state index contributed by atoms with van der Waals surface area (Å²) < 4.78 is 0. The summed E-state index contributed by atoms with van der Waals surface area (Å²) in [6.07, 6.45) is 16.0. The fourth-order valence-corrected chi connectivity index (χ4v) is 3.92. The summed E-state index contributed by atoms with van der Waals surface area (Å²) >= 11 is 0. The Hall–Kier alpha value is -0.300. The standard InChI is InChI=1S/C16H29N/c1-2-3-4-13-5-7-14(8-6-13)15-9-11-16(17)12-10-15/h2,13-16H,1,3-12,17H2. The Labute approximate surface area is 107 Å². The Morgan fingerprint density at radius 3 is 1.94 bits per heavy atom. The van der Waals surface area contributed by atoms with Crippen molar-refractivity contribution in [3.05, 3.63) is 12.7 Å². The van der Waals surface area contributed by atoms with Crippen LogP contribution in [0, 0.1) is 17.8 Å². The highest BCUT2D eigenvalue weighted by atomic mass is 14.6. The molecular weight excluding hydrogens is 206 g/mol. The van der Waals surface area contributed by atoms with Gasteiger partial charge in [-0.25, -0.2) is 0 Å². The van der Waals surface area contributed by atoms with E-state index in [0.717, 1.165) is 17.8 Å². The second kappa shape index (κ2) is 6.58. The van der Waals surface area contributed by atoms with Gasteiger partial charge in [0, 0.05) is 6.04 Å². The molecule has 2 fully saturated rings. The van der Waals surface area contributed by atoms with Crippen molar-refractivity contribution in [1.82, 2.24) is 0 Å². The van der Waals surface area contributed by atoms with Crippen LogP contribution in [-0.2, 0) is 0 Å². The summed E-state index contributed by atoms with van der Waals surface area (Å²) in [5.41, 5.74) is 5.99. The lowest BCUT2D eigenvalue weighted by Crippen LogP contribution is -2.31. The molecule has 2 rings (SSSR count). The molecule has 0 aromatic rings. The number of rotatable bonds is 4. The van der Waals surface area contributed by atoms with E-state index in [9.17, 15) is 0 Å². The minimum absolute atomic E-state index is 0.509. The average molecular weight is 235 g/mol. The van der Waals surface area contributed by atoms with Crippen molar-refractivity contribution in [2.75, 3.05) is 0 Å². The van der Waals surface area contributed by atoms with Crippen LogP contribution in [0.3, 0.4) is 0 Å². The Balaban J connectivity index is 1.69. The highest BCUT2D eigenvalue weighted by molar-refractivity contribution is 4.83. The van der Waals surface area contributed by atoms with Crippen LogP contribution in [0.4, 0.5) is 0 Å². The first kappa shape index (κ1) is 13.1. The molecule has 2 aliphatic carbocycles. The van der Waals surface area contributed by atoms with Gasteiger partial charge in [0.2, 0.25) is 0 Å². The molecule has 17 heavy (non-hydrogen) atoms. The number of hydrogen-bond acceptors (Lipinski definition) is 1. The number of hydrogen-bond donors (Lipinski definition) is 1. The molecule has 0 bridgehead atoms. The molecule has 0 aliphatic heterocycles. The summed E-state index contributed by atoms with van der Waals surface area (Å²) in [4.78, 5) is 0. The number of nitrogens with two attached hydrogens (primary N) is 1. The van der Waals surface area contributed by atoms with Gasteiger partial charge in [-0.15, -0.1) is 6.58 Å². The quantitative estimate of drug-likeness (QED) is 0.723. The van der Waals surface area contributed by atoms with Crippen molar-refractivity contribution in [1.29, 1.82) is 0 Å². The van der Waals surface area contributed by atoms with Gasteiger partial charge < -0.3 is 5.73 Å². The first-order valence-corrected chi connectivity index (χ1v) is 7.66. The van der Waals surface area contributed by atoms with Gasteiger partial charge in [-0.05, 0) is 69.1 Å². The van der Waals surface area contributed by atoms with Crippen molar-refractivity contribution in [2.45, 2.75) is 70.3 Å². The van der Waals surface area contributed by atoms with E-state index >= 15 is 0 Å². The Bertz CT molecular complexity index is 220. The Morgan fingerprint density at radius 2 is 1.41 bits per heavy atom. The second-order valence-corrected chi connectivity index (χ2v) is 6.32. The molecule has 2 N–H and O–H groups in total. The maximum absolute atomic E-state index is 5.99. The predicted molar refractivity (Wildman–Crippen MR) is 74.8 cm³/mol. The first-order chi connectivity index (χ1) is 8.29. The number of allylic oxidation sites excluding steroid dienone is 1. The monoisotopic (exact) mass is 235 g/mol. The normalized spacial score (nSPS) is 38.9. The molecule has 0 atom stereocenters. The van der Waals surface area contributed by atoms with Crippen LogP contribution >= 0.6 is 0 Å². The van der Waals surface area contributed by atoms with E-state index in [1.807, 2.05) is 0 Å². The van der Waals surface area contributed by atoms with Crippen molar-refractivity contribution in [3.8, 4) is 0 Å². The molecule has 0 radical (unpaired) electrons. The topological polar surface area (TPSA) is 26.0 Å². The maximum Gasteiger partial charge on any atom is 0.00390 e. The van der Waals surface area contributed by atoms with Gasteiger partial charge in [0.25, 0.3) is 0 Å². The van der Waals surface area contributed by atoms with E-state index < -0.39 is 0 Å². The van der Waals surface area contributed by atoms with Crippen LogP contribution in [-0.4, -0.2) is 6.04 Å². The van der Waals surface area contributed by atoms with E-state index in [1.54, 1.807) is 0 Å². The fourth-order valence-electron chi connectivity index (χ4n) is 3.92. The molecule has 2 aliphatic rings. The summed E-state index contributed by atoms with van der Waals surface area (Å²) in [5.74, 6) is 3.03. The van der Waals surface area contributed by atoms with Crippen molar-refractivity contribution < 1.29 is 0 Å². The average Bonchev–Trinajstić information content (AvgIpc) is 2.38. The lowest BCUT2D eigenvalue weighted by molar-refractivity contribution is 0.158. The Kier molecular flexibility index (Phi) is 5.09. The minimum Gasteiger partial charge on any atom is -0.328 e. The molecule has 0 amide bonds. The van der Waals surface area contributed by atoms with Gasteiger partial charge >= 0.3 is 0 Å². The molecule has 0 spiro atoms. The molecular formula is C16H29N. The highest BCUT2D eigenvalue weighted by Crippen LogP contribution is 2.40. The fraction of sp³-hybridized carbons (Fsp3) is 0.875. The molecule has 2 saturated carbocycles. The van der Waals surface area contributed by atoms with Crippen LogP contribution in [0.15, 0.2) is 12.7 Å². The van der Waals surface area contributed by atoms with Gasteiger partial charge in [-0.2, -0.15) is 0 Å². The smallest absolute Gasteiger partial charge is 0.00390 e. The van der Waals surface area contributed by atoms with Crippen LogP contribution in [0.5, 0.6) is 0 Å². The molecule has 0 saturated heterocycles. The largest absolute Gasteiger partial charge is 0.328 e. The van der Waals surface area contributed by atoms with Gasteiger partial charge in [-0.1, -0.05) is 18.9 Å². The summed E-state index contributed by atoms with van der Waals surface area (Å²) in [5, 5.41) is 0. The third-order valence-corrected chi connectivity index (χ3v) is 5.15. The van der Waals surface area contributed by atoms with Crippen molar-refractivity contribution in [2.24, 2.45) is 23.5 Å². The zero-order chi connectivity index (χ0) is 12.1. The predicted octanol–water partition coefficient (Wildman–Crippen LogP) is 4.28. The third kappa shape index (κ3) is 3.84. The third-order valence-electron chi connectivity index (χ3n) is 5.15.